The number of ketones is 1. The van der Waals surface area contributed by atoms with Crippen LogP contribution in [0.2, 0.25) is 0 Å². The highest BCUT2D eigenvalue weighted by Gasteiger charge is 2.05. The van der Waals surface area contributed by atoms with E-state index in [1.165, 1.54) is 24.3 Å². The smallest absolute Gasteiger partial charge is 0.185 e. The molecule has 0 aliphatic carbocycles. The fourth-order valence-electron chi connectivity index (χ4n) is 1.51. The van der Waals surface area contributed by atoms with E-state index in [2.05, 4.69) is 0 Å². The molecule has 1 nitrogen and oxygen atoms in total. The van der Waals surface area contributed by atoms with Crippen molar-refractivity contribution in [3.8, 4) is 0 Å². The Morgan fingerprint density at radius 2 is 1.67 bits per heavy atom. The molecule has 0 atom stereocenters. The maximum absolute atomic E-state index is 13.3. The molecule has 0 bridgehead atoms. The summed E-state index contributed by atoms with van der Waals surface area (Å²) in [6.45, 7) is 0. The third kappa shape index (κ3) is 2.69. The van der Waals surface area contributed by atoms with Gasteiger partial charge in [0.1, 0.15) is 0 Å². The molecule has 0 aliphatic rings. The molecule has 0 unspecified atom stereocenters. The predicted octanol–water partition coefficient (Wildman–Crippen LogP) is 3.86. The van der Waals surface area contributed by atoms with Crippen molar-refractivity contribution in [2.75, 3.05) is 0 Å². The lowest BCUT2D eigenvalue weighted by atomic mass is 10.1. The summed E-state index contributed by atoms with van der Waals surface area (Å²) in [5.41, 5.74) is 0.560. The minimum Gasteiger partial charge on any atom is -0.289 e. The molecular formula is C15H10F2O. The van der Waals surface area contributed by atoms with Gasteiger partial charge in [-0.1, -0.05) is 42.5 Å². The normalized spacial score (nSPS) is 10.8. The number of carbonyl (C=O) groups excluding carboxylic acids is 1. The minimum absolute atomic E-state index is 0.0549. The number of carbonyl (C=O) groups is 1. The average molecular weight is 244 g/mol. The Hall–Kier alpha value is -2.29. The lowest BCUT2D eigenvalue weighted by molar-refractivity contribution is 0.104. The number of hydrogen-bond acceptors (Lipinski definition) is 1. The summed E-state index contributed by atoms with van der Waals surface area (Å²) in [5.74, 6) is -2.13. The maximum atomic E-state index is 13.3. The molecule has 0 aromatic heterocycles. The van der Waals surface area contributed by atoms with Crippen molar-refractivity contribution < 1.29 is 13.6 Å². The van der Waals surface area contributed by atoms with Gasteiger partial charge in [0.25, 0.3) is 0 Å². The second-order valence-electron chi connectivity index (χ2n) is 3.71. The first-order chi connectivity index (χ1) is 8.68. The Kier molecular flexibility index (Phi) is 3.63. The van der Waals surface area contributed by atoms with E-state index in [9.17, 15) is 13.6 Å². The van der Waals surface area contributed by atoms with E-state index in [-0.39, 0.29) is 11.3 Å². The van der Waals surface area contributed by atoms with Gasteiger partial charge in [0.05, 0.1) is 0 Å². The van der Waals surface area contributed by atoms with Crippen molar-refractivity contribution in [1.82, 2.24) is 0 Å². The second kappa shape index (κ2) is 5.36. The molecule has 18 heavy (non-hydrogen) atoms. The van der Waals surface area contributed by atoms with Crippen molar-refractivity contribution >= 4 is 11.9 Å². The molecule has 2 aromatic carbocycles. The van der Waals surface area contributed by atoms with Crippen LogP contribution in [0.15, 0.2) is 54.6 Å². The first kappa shape index (κ1) is 12.2. The Bertz CT molecular complexity index is 589. The van der Waals surface area contributed by atoms with E-state index in [0.717, 1.165) is 6.07 Å². The van der Waals surface area contributed by atoms with Crippen LogP contribution in [0.25, 0.3) is 6.08 Å². The fraction of sp³-hybridized carbons (Fsp3) is 0. The number of halogens is 2. The van der Waals surface area contributed by atoms with Gasteiger partial charge in [-0.15, -0.1) is 0 Å². The predicted molar refractivity (Wildman–Crippen MR) is 66.2 cm³/mol. The minimum atomic E-state index is -0.949. The number of hydrogen-bond donors (Lipinski definition) is 0. The van der Waals surface area contributed by atoms with Crippen molar-refractivity contribution in [3.05, 3.63) is 77.4 Å². The molecule has 3 heteroatoms. The molecule has 0 radical (unpaired) electrons. The molecule has 0 saturated carbocycles. The molecule has 0 fully saturated rings. The standard InChI is InChI=1S/C15H10F2O/c16-13-8-4-7-12(15(13)17)9-10-14(18)11-5-2-1-3-6-11/h1-10H. The van der Waals surface area contributed by atoms with Gasteiger partial charge in [-0.05, 0) is 18.2 Å². The highest BCUT2D eigenvalue weighted by atomic mass is 19.2. The van der Waals surface area contributed by atoms with Crippen molar-refractivity contribution in [1.29, 1.82) is 0 Å². The summed E-state index contributed by atoms with van der Waals surface area (Å²) in [6, 6.07) is 12.4. The Morgan fingerprint density at radius 3 is 2.39 bits per heavy atom. The summed E-state index contributed by atoms with van der Waals surface area (Å²) in [6.07, 6.45) is 2.50. The third-order valence-corrected chi connectivity index (χ3v) is 2.45. The molecule has 2 rings (SSSR count). The molecule has 2 aromatic rings. The zero-order valence-corrected chi connectivity index (χ0v) is 9.44. The average Bonchev–Trinajstić information content (AvgIpc) is 2.41. The van der Waals surface area contributed by atoms with Crippen LogP contribution < -0.4 is 0 Å². The molecule has 0 heterocycles. The quantitative estimate of drug-likeness (QED) is 0.592. The van der Waals surface area contributed by atoms with E-state index in [1.54, 1.807) is 30.3 Å². The van der Waals surface area contributed by atoms with Crippen LogP contribution in [-0.4, -0.2) is 5.78 Å². The molecule has 0 saturated heterocycles. The summed E-state index contributed by atoms with van der Waals surface area (Å²) < 4.78 is 26.2. The van der Waals surface area contributed by atoms with E-state index >= 15 is 0 Å². The summed E-state index contributed by atoms with van der Waals surface area (Å²) in [7, 11) is 0. The van der Waals surface area contributed by atoms with Gasteiger partial charge >= 0.3 is 0 Å². The largest absolute Gasteiger partial charge is 0.289 e. The van der Waals surface area contributed by atoms with Gasteiger partial charge in [-0.25, -0.2) is 8.78 Å². The summed E-state index contributed by atoms with van der Waals surface area (Å²) in [4.78, 5) is 11.7. The van der Waals surface area contributed by atoms with E-state index in [4.69, 9.17) is 0 Å². The lowest BCUT2D eigenvalue weighted by Gasteiger charge is -1.98. The van der Waals surface area contributed by atoms with Crippen molar-refractivity contribution in [2.45, 2.75) is 0 Å². The maximum Gasteiger partial charge on any atom is 0.185 e. The highest BCUT2D eigenvalue weighted by molar-refractivity contribution is 6.06. The van der Waals surface area contributed by atoms with Crippen LogP contribution in [0.5, 0.6) is 0 Å². The van der Waals surface area contributed by atoms with Gasteiger partial charge in [0, 0.05) is 11.1 Å². The van der Waals surface area contributed by atoms with Crippen molar-refractivity contribution in [2.24, 2.45) is 0 Å². The third-order valence-electron chi connectivity index (χ3n) is 2.45. The van der Waals surface area contributed by atoms with Crippen LogP contribution in [0.4, 0.5) is 8.78 Å². The zero-order valence-electron chi connectivity index (χ0n) is 9.44. The first-order valence-electron chi connectivity index (χ1n) is 5.40. The molecule has 0 amide bonds. The summed E-state index contributed by atoms with van der Waals surface area (Å²) in [5, 5.41) is 0. The van der Waals surface area contributed by atoms with E-state index in [0.29, 0.717) is 5.56 Å². The molecule has 0 spiro atoms. The lowest BCUT2D eigenvalue weighted by Crippen LogP contribution is -1.94. The van der Waals surface area contributed by atoms with Crippen LogP contribution in [0, 0.1) is 11.6 Å². The molecular weight excluding hydrogens is 234 g/mol. The van der Waals surface area contributed by atoms with E-state index in [1.807, 2.05) is 0 Å². The Labute approximate surface area is 103 Å². The number of benzene rings is 2. The van der Waals surface area contributed by atoms with E-state index < -0.39 is 11.6 Å². The molecule has 90 valence electrons. The number of allylic oxidation sites excluding steroid dienone is 1. The number of rotatable bonds is 3. The van der Waals surface area contributed by atoms with Crippen LogP contribution in [-0.2, 0) is 0 Å². The van der Waals surface area contributed by atoms with Gasteiger partial charge < -0.3 is 0 Å². The molecule has 0 N–H and O–H groups in total. The van der Waals surface area contributed by atoms with Gasteiger partial charge in [0.15, 0.2) is 17.4 Å². The fourth-order valence-corrected chi connectivity index (χ4v) is 1.51. The van der Waals surface area contributed by atoms with Crippen molar-refractivity contribution in [3.63, 3.8) is 0 Å². The van der Waals surface area contributed by atoms with Gasteiger partial charge in [-0.3, -0.25) is 4.79 Å². The topological polar surface area (TPSA) is 17.1 Å². The first-order valence-corrected chi connectivity index (χ1v) is 5.40. The van der Waals surface area contributed by atoms with Crippen LogP contribution >= 0.6 is 0 Å². The SMILES string of the molecule is O=C(C=Cc1cccc(F)c1F)c1ccccc1. The van der Waals surface area contributed by atoms with Crippen LogP contribution in [0.3, 0.4) is 0 Å². The highest BCUT2D eigenvalue weighted by Crippen LogP contribution is 2.13. The zero-order chi connectivity index (χ0) is 13.0. The van der Waals surface area contributed by atoms with Crippen LogP contribution in [0.1, 0.15) is 15.9 Å². The second-order valence-corrected chi connectivity index (χ2v) is 3.71. The Morgan fingerprint density at radius 1 is 0.944 bits per heavy atom. The molecule has 0 aliphatic heterocycles. The van der Waals surface area contributed by atoms with Gasteiger partial charge in [-0.2, -0.15) is 0 Å². The van der Waals surface area contributed by atoms with Gasteiger partial charge in [0.2, 0.25) is 0 Å². The monoisotopic (exact) mass is 244 g/mol. The summed E-state index contributed by atoms with van der Waals surface area (Å²) >= 11 is 0. The Balaban J connectivity index is 2.22.